The van der Waals surface area contributed by atoms with Crippen LogP contribution in [-0.2, 0) is 16.5 Å². The molecule has 0 N–H and O–H groups in total. The van der Waals surface area contributed by atoms with Gasteiger partial charge in [0, 0.05) is 11.6 Å². The fourth-order valence-electron chi connectivity index (χ4n) is 4.20. The molecule has 6 nitrogen and oxygen atoms in total. The molecular weight excluding hydrogens is 464 g/mol. The van der Waals surface area contributed by atoms with E-state index < -0.39 is 9.84 Å². The molecule has 9 heteroatoms. The van der Waals surface area contributed by atoms with Crippen molar-refractivity contribution in [2.45, 2.75) is 39.9 Å². The van der Waals surface area contributed by atoms with Gasteiger partial charge in [-0.3, -0.25) is 9.47 Å². The summed E-state index contributed by atoms with van der Waals surface area (Å²) in [5.74, 6) is 1.09. The Balaban J connectivity index is 1.84. The number of hydrogen-bond acceptors (Lipinski definition) is 5. The van der Waals surface area contributed by atoms with Crippen molar-refractivity contribution in [3.8, 4) is 17.1 Å². The predicted octanol–water partition coefficient (Wildman–Crippen LogP) is 4.81. The Morgan fingerprint density at radius 3 is 2.62 bits per heavy atom. The smallest absolute Gasteiger partial charge is 0.204 e. The number of aromatic nitrogens is 3. The number of halogens is 1. The van der Waals surface area contributed by atoms with Crippen LogP contribution < -0.4 is 0 Å². The Labute approximate surface area is 199 Å². The molecule has 1 aliphatic heterocycles. The maximum Gasteiger partial charge on any atom is 0.204 e. The van der Waals surface area contributed by atoms with E-state index in [1.165, 1.54) is 0 Å². The summed E-state index contributed by atoms with van der Waals surface area (Å²) in [6.07, 6.45) is 0.637. The molecule has 1 saturated heterocycles. The summed E-state index contributed by atoms with van der Waals surface area (Å²) in [6, 6.07) is 13.8. The third-order valence-electron chi connectivity index (χ3n) is 6.01. The van der Waals surface area contributed by atoms with Crippen molar-refractivity contribution in [1.29, 1.82) is 0 Å². The van der Waals surface area contributed by atoms with Crippen molar-refractivity contribution in [3.63, 3.8) is 0 Å². The van der Waals surface area contributed by atoms with Crippen LogP contribution in [0.2, 0.25) is 5.02 Å². The first-order valence-electron chi connectivity index (χ1n) is 10.7. The number of hydrogen-bond donors (Lipinski definition) is 0. The molecule has 0 amide bonds. The van der Waals surface area contributed by atoms with Crippen LogP contribution in [0.15, 0.2) is 42.5 Å². The van der Waals surface area contributed by atoms with Crippen LogP contribution >= 0.6 is 23.8 Å². The molecule has 1 aromatic heterocycles. The second kappa shape index (κ2) is 9.09. The van der Waals surface area contributed by atoms with Gasteiger partial charge in [-0.05, 0) is 68.4 Å². The van der Waals surface area contributed by atoms with Gasteiger partial charge in [-0.2, -0.15) is 0 Å². The van der Waals surface area contributed by atoms with Crippen molar-refractivity contribution in [3.05, 3.63) is 63.4 Å². The van der Waals surface area contributed by atoms with Crippen LogP contribution in [0.5, 0.6) is 0 Å². The van der Waals surface area contributed by atoms with Gasteiger partial charge in [0.2, 0.25) is 4.77 Å². The van der Waals surface area contributed by atoms with Gasteiger partial charge in [0.15, 0.2) is 15.7 Å². The quantitative estimate of drug-likeness (QED) is 0.464. The van der Waals surface area contributed by atoms with E-state index in [9.17, 15) is 8.42 Å². The molecule has 1 unspecified atom stereocenters. The van der Waals surface area contributed by atoms with Gasteiger partial charge >= 0.3 is 0 Å². The zero-order chi connectivity index (χ0) is 23.0. The average Bonchev–Trinajstić information content (AvgIpc) is 3.27. The minimum atomic E-state index is -2.98. The fraction of sp³-hybridized carbons (Fsp3) is 0.391. The average molecular weight is 491 g/mol. The third kappa shape index (κ3) is 4.55. The lowest BCUT2D eigenvalue weighted by Crippen LogP contribution is -2.37. The van der Waals surface area contributed by atoms with Crippen LogP contribution in [0.3, 0.4) is 0 Å². The van der Waals surface area contributed by atoms with E-state index in [2.05, 4.69) is 23.1 Å². The Bertz CT molecular complexity index is 1310. The lowest BCUT2D eigenvalue weighted by molar-refractivity contribution is 0.164. The highest BCUT2D eigenvalue weighted by Gasteiger charge is 2.32. The molecule has 0 aliphatic carbocycles. The van der Waals surface area contributed by atoms with E-state index in [0.717, 1.165) is 22.4 Å². The molecule has 1 aliphatic rings. The first-order chi connectivity index (χ1) is 15.2. The zero-order valence-corrected chi connectivity index (χ0v) is 20.8. The van der Waals surface area contributed by atoms with Gasteiger partial charge in [0.25, 0.3) is 0 Å². The van der Waals surface area contributed by atoms with E-state index in [1.807, 2.05) is 49.6 Å². The van der Waals surface area contributed by atoms with Crippen LogP contribution in [0.25, 0.3) is 17.1 Å². The predicted molar refractivity (Wildman–Crippen MR) is 132 cm³/mol. The van der Waals surface area contributed by atoms with Crippen molar-refractivity contribution in [1.82, 2.24) is 19.2 Å². The van der Waals surface area contributed by atoms with Gasteiger partial charge in [-0.1, -0.05) is 42.8 Å². The number of nitrogens with zero attached hydrogens (tertiary/aromatic N) is 4. The largest absolute Gasteiger partial charge is 0.281 e. The van der Waals surface area contributed by atoms with Crippen LogP contribution in [0.1, 0.15) is 24.5 Å². The Morgan fingerprint density at radius 2 is 1.97 bits per heavy atom. The van der Waals surface area contributed by atoms with Crippen LogP contribution in [-0.4, -0.2) is 51.8 Å². The van der Waals surface area contributed by atoms with E-state index in [1.54, 1.807) is 4.68 Å². The van der Waals surface area contributed by atoms with Gasteiger partial charge < -0.3 is 0 Å². The standard InChI is InChI=1S/C23H27ClN4O2S2/c1-4-26(18-11-12-32(29,30)14-18)15-27-23(31)28(21-13-16(2)9-10-17(21)3)22(25-27)19-7-5-6-8-20(19)24/h5-10,13,18H,4,11-12,14-15H2,1-3H3. The second-order valence-electron chi connectivity index (χ2n) is 8.31. The minimum absolute atomic E-state index is 0.0264. The van der Waals surface area contributed by atoms with E-state index in [0.29, 0.717) is 35.3 Å². The van der Waals surface area contributed by atoms with Crippen molar-refractivity contribution < 1.29 is 8.42 Å². The summed E-state index contributed by atoms with van der Waals surface area (Å²) in [7, 11) is -2.98. The highest BCUT2D eigenvalue weighted by atomic mass is 35.5. The lowest BCUT2D eigenvalue weighted by Gasteiger charge is -2.26. The normalized spacial score (nSPS) is 17.8. The highest BCUT2D eigenvalue weighted by Crippen LogP contribution is 2.30. The monoisotopic (exact) mass is 490 g/mol. The maximum atomic E-state index is 12.0. The Morgan fingerprint density at radius 1 is 1.22 bits per heavy atom. The molecular formula is C23H27ClN4O2S2. The van der Waals surface area contributed by atoms with Crippen LogP contribution in [0, 0.1) is 18.6 Å². The molecule has 170 valence electrons. The Kier molecular flexibility index (Phi) is 6.58. The van der Waals surface area contributed by atoms with Crippen LogP contribution in [0.4, 0.5) is 0 Å². The molecule has 2 aromatic carbocycles. The van der Waals surface area contributed by atoms with Crippen molar-refractivity contribution in [2.75, 3.05) is 18.1 Å². The number of benzene rings is 2. The van der Waals surface area contributed by atoms with Crippen molar-refractivity contribution in [2.24, 2.45) is 0 Å². The summed E-state index contributed by atoms with van der Waals surface area (Å²) in [5.41, 5.74) is 3.96. The first kappa shape index (κ1) is 23.2. The summed E-state index contributed by atoms with van der Waals surface area (Å²) in [6.45, 7) is 7.26. The number of aryl methyl sites for hydroxylation is 2. The fourth-order valence-corrected chi connectivity index (χ4v) is 6.47. The molecule has 1 fully saturated rings. The van der Waals surface area contributed by atoms with Gasteiger partial charge in [-0.25, -0.2) is 13.1 Å². The molecule has 1 atom stereocenters. The molecule has 4 rings (SSSR count). The lowest BCUT2D eigenvalue weighted by atomic mass is 10.1. The second-order valence-corrected chi connectivity index (χ2v) is 11.3. The maximum absolute atomic E-state index is 12.0. The SMILES string of the molecule is CCN(Cn1nc(-c2ccccc2Cl)n(-c2cc(C)ccc2C)c1=S)C1CCS(=O)(=O)C1. The first-order valence-corrected chi connectivity index (χ1v) is 13.3. The van der Waals surface area contributed by atoms with E-state index >= 15 is 0 Å². The molecule has 0 radical (unpaired) electrons. The van der Waals surface area contributed by atoms with Crippen molar-refractivity contribution >= 4 is 33.7 Å². The summed E-state index contributed by atoms with van der Waals surface area (Å²) >= 11 is 12.4. The summed E-state index contributed by atoms with van der Waals surface area (Å²) in [5, 5.41) is 5.48. The van der Waals surface area contributed by atoms with Gasteiger partial charge in [-0.15, -0.1) is 5.10 Å². The minimum Gasteiger partial charge on any atom is -0.281 e. The number of sulfone groups is 1. The highest BCUT2D eigenvalue weighted by molar-refractivity contribution is 7.91. The number of rotatable bonds is 6. The molecule has 0 bridgehead atoms. The molecule has 2 heterocycles. The third-order valence-corrected chi connectivity index (χ3v) is 8.48. The summed E-state index contributed by atoms with van der Waals surface area (Å²) < 4.78 is 28.4. The van der Waals surface area contributed by atoms with E-state index in [-0.39, 0.29) is 17.5 Å². The molecule has 3 aromatic rings. The van der Waals surface area contributed by atoms with Gasteiger partial charge in [0.1, 0.15) is 0 Å². The molecule has 0 saturated carbocycles. The topological polar surface area (TPSA) is 60.1 Å². The molecule has 32 heavy (non-hydrogen) atoms. The van der Waals surface area contributed by atoms with Gasteiger partial charge in [0.05, 0.1) is 28.9 Å². The summed E-state index contributed by atoms with van der Waals surface area (Å²) in [4.78, 5) is 2.14. The molecule has 0 spiro atoms. The zero-order valence-electron chi connectivity index (χ0n) is 18.5. The Hall–Kier alpha value is -2.00. The van der Waals surface area contributed by atoms with E-state index in [4.69, 9.17) is 28.9 Å².